The second kappa shape index (κ2) is 7.50. The van der Waals surface area contributed by atoms with Crippen LogP contribution in [0.5, 0.6) is 5.75 Å². The molecule has 1 aliphatic heterocycles. The Balaban J connectivity index is 2.22. The first-order valence-electron chi connectivity index (χ1n) is 8.74. The Bertz CT molecular complexity index is 736. The number of ether oxygens (including phenoxy) is 1. The predicted octanol–water partition coefficient (Wildman–Crippen LogP) is 3.88. The molecule has 8 heteroatoms. The molecule has 0 saturated carbocycles. The van der Waals surface area contributed by atoms with Gasteiger partial charge >= 0.3 is 6.18 Å². The second-order valence-electron chi connectivity index (χ2n) is 7.48. The van der Waals surface area contributed by atoms with Crippen LogP contribution in [0.1, 0.15) is 43.4 Å². The third kappa shape index (κ3) is 4.43. The summed E-state index contributed by atoms with van der Waals surface area (Å²) in [5.74, 6) is -0.562. The van der Waals surface area contributed by atoms with Gasteiger partial charge in [0.15, 0.2) is 6.61 Å². The van der Waals surface area contributed by atoms with Crippen LogP contribution in [-0.4, -0.2) is 40.2 Å². The van der Waals surface area contributed by atoms with Crippen LogP contribution in [0.3, 0.4) is 0 Å². The average molecular weight is 386 g/mol. The third-order valence-corrected chi connectivity index (χ3v) is 4.32. The van der Waals surface area contributed by atoms with E-state index >= 15 is 0 Å². The van der Waals surface area contributed by atoms with Crippen LogP contribution in [0.25, 0.3) is 0 Å². The number of benzene rings is 1. The molecule has 0 saturated heterocycles. The highest BCUT2D eigenvalue weighted by molar-refractivity contribution is 5.91. The molecule has 0 radical (unpaired) electrons. The molecule has 1 aromatic carbocycles. The minimum atomic E-state index is -5.03. The molecule has 1 heterocycles. The molecule has 1 aliphatic rings. The summed E-state index contributed by atoms with van der Waals surface area (Å²) in [7, 11) is 0. The normalized spacial score (nSPS) is 20.2. The summed E-state index contributed by atoms with van der Waals surface area (Å²) < 4.78 is 45.8. The van der Waals surface area contributed by atoms with E-state index in [9.17, 15) is 23.1 Å². The van der Waals surface area contributed by atoms with Crippen LogP contribution in [-0.2, 0) is 4.79 Å². The van der Waals surface area contributed by atoms with Crippen LogP contribution < -0.4 is 4.74 Å². The minimum absolute atomic E-state index is 0.0467. The van der Waals surface area contributed by atoms with E-state index in [2.05, 4.69) is 5.10 Å². The Hall–Kier alpha value is -2.09. The summed E-state index contributed by atoms with van der Waals surface area (Å²) in [6, 6.07) is 3.71. The molecule has 1 N–H and O–H groups in total. The van der Waals surface area contributed by atoms with Gasteiger partial charge in [-0.2, -0.15) is 23.3 Å². The standard InChI is InChI=1S/C19H25F3N2O3/c1-11(2)6-15-9-18(26,19(20,21)22)24(23-15)16(25)10-27-17-13(4)7-12(3)8-14(17)5/h7-8,11,26H,6,9-10H2,1-5H3. The molecule has 0 aromatic heterocycles. The number of halogens is 3. The number of carbonyl (C=O) groups is 1. The number of amides is 1. The lowest BCUT2D eigenvalue weighted by molar-refractivity contribution is -0.302. The molecule has 1 aromatic rings. The Morgan fingerprint density at radius 1 is 1.30 bits per heavy atom. The van der Waals surface area contributed by atoms with Gasteiger partial charge in [-0.15, -0.1) is 0 Å². The highest BCUT2D eigenvalue weighted by Gasteiger charge is 2.63. The Morgan fingerprint density at radius 3 is 2.33 bits per heavy atom. The van der Waals surface area contributed by atoms with E-state index in [0.717, 1.165) is 16.7 Å². The van der Waals surface area contributed by atoms with E-state index in [1.165, 1.54) is 0 Å². The molecule has 5 nitrogen and oxygen atoms in total. The maximum absolute atomic E-state index is 13.4. The largest absolute Gasteiger partial charge is 0.483 e. The molecule has 0 bridgehead atoms. The van der Waals surface area contributed by atoms with Gasteiger partial charge in [-0.05, 0) is 44.2 Å². The van der Waals surface area contributed by atoms with Crippen LogP contribution in [0.4, 0.5) is 13.2 Å². The number of hydrazone groups is 1. The molecule has 1 unspecified atom stereocenters. The van der Waals surface area contributed by atoms with Crippen molar-refractivity contribution in [2.75, 3.05) is 6.61 Å². The zero-order chi connectivity index (χ0) is 20.6. The maximum atomic E-state index is 13.4. The molecule has 1 atom stereocenters. The van der Waals surface area contributed by atoms with Gasteiger partial charge in [0.1, 0.15) is 5.75 Å². The van der Waals surface area contributed by atoms with E-state index < -0.39 is 30.8 Å². The Morgan fingerprint density at radius 2 is 1.85 bits per heavy atom. The number of hydrogen-bond acceptors (Lipinski definition) is 4. The molecule has 150 valence electrons. The van der Waals surface area contributed by atoms with E-state index in [0.29, 0.717) is 5.75 Å². The van der Waals surface area contributed by atoms with Gasteiger partial charge in [-0.1, -0.05) is 31.5 Å². The molecule has 27 heavy (non-hydrogen) atoms. The van der Waals surface area contributed by atoms with Crippen LogP contribution in [0, 0.1) is 26.7 Å². The second-order valence-corrected chi connectivity index (χ2v) is 7.48. The number of carbonyl (C=O) groups excluding carboxylic acids is 1. The molecule has 0 fully saturated rings. The minimum Gasteiger partial charge on any atom is -0.483 e. The van der Waals surface area contributed by atoms with Gasteiger partial charge < -0.3 is 9.84 Å². The number of alkyl halides is 3. The van der Waals surface area contributed by atoms with Crippen molar-refractivity contribution in [1.82, 2.24) is 5.01 Å². The van der Waals surface area contributed by atoms with Crippen LogP contribution in [0.2, 0.25) is 0 Å². The van der Waals surface area contributed by atoms with E-state index in [-0.39, 0.29) is 23.1 Å². The summed E-state index contributed by atoms with van der Waals surface area (Å²) in [4.78, 5) is 12.4. The topological polar surface area (TPSA) is 62.1 Å². The van der Waals surface area contributed by atoms with Gasteiger partial charge in [0.25, 0.3) is 11.6 Å². The van der Waals surface area contributed by atoms with Gasteiger partial charge in [0.05, 0.1) is 0 Å². The quantitative estimate of drug-likeness (QED) is 0.836. The van der Waals surface area contributed by atoms with E-state index in [1.807, 2.05) is 32.9 Å². The van der Waals surface area contributed by atoms with Gasteiger partial charge in [-0.3, -0.25) is 4.79 Å². The average Bonchev–Trinajstić information content (AvgIpc) is 2.82. The van der Waals surface area contributed by atoms with Crippen molar-refractivity contribution in [3.63, 3.8) is 0 Å². The lowest BCUT2D eigenvalue weighted by Gasteiger charge is -2.32. The summed E-state index contributed by atoms with van der Waals surface area (Å²) in [6.07, 6.45) is -5.51. The van der Waals surface area contributed by atoms with Crippen molar-refractivity contribution in [2.45, 2.75) is 59.4 Å². The summed E-state index contributed by atoms with van der Waals surface area (Å²) in [5, 5.41) is 14.1. The smallest absolute Gasteiger partial charge is 0.438 e. The predicted molar refractivity (Wildman–Crippen MR) is 95.5 cm³/mol. The van der Waals surface area contributed by atoms with Crippen LogP contribution in [0.15, 0.2) is 17.2 Å². The maximum Gasteiger partial charge on any atom is 0.438 e. The molecule has 0 aliphatic carbocycles. The fourth-order valence-electron chi connectivity index (χ4n) is 3.28. The lowest BCUT2D eigenvalue weighted by atomic mass is 9.99. The molecule has 0 spiro atoms. The molecule has 1 amide bonds. The molecular formula is C19H25F3N2O3. The van der Waals surface area contributed by atoms with E-state index in [4.69, 9.17) is 4.74 Å². The lowest BCUT2D eigenvalue weighted by Crippen LogP contribution is -2.57. The SMILES string of the molecule is Cc1cc(C)c(OCC(=O)N2N=C(CC(C)C)CC2(O)C(F)(F)F)c(C)c1. The first-order valence-corrected chi connectivity index (χ1v) is 8.74. The molecule has 2 rings (SSSR count). The molecular weight excluding hydrogens is 361 g/mol. The summed E-state index contributed by atoms with van der Waals surface area (Å²) in [5.41, 5.74) is -0.637. The third-order valence-electron chi connectivity index (χ3n) is 4.32. The number of aliphatic hydroxyl groups is 1. The first kappa shape index (κ1) is 21.2. The summed E-state index contributed by atoms with van der Waals surface area (Å²) in [6.45, 7) is 8.49. The number of hydrogen-bond donors (Lipinski definition) is 1. The van der Waals surface area contributed by atoms with Crippen molar-refractivity contribution in [3.8, 4) is 5.75 Å². The number of nitrogens with zero attached hydrogens (tertiary/aromatic N) is 2. The highest BCUT2D eigenvalue weighted by atomic mass is 19.4. The first-order chi connectivity index (χ1) is 12.3. The Kier molecular flexibility index (Phi) is 5.89. The van der Waals surface area contributed by atoms with Gasteiger partial charge in [0, 0.05) is 12.1 Å². The highest BCUT2D eigenvalue weighted by Crippen LogP contribution is 2.41. The monoisotopic (exact) mass is 386 g/mol. The van der Waals surface area contributed by atoms with Crippen molar-refractivity contribution in [3.05, 3.63) is 28.8 Å². The zero-order valence-corrected chi connectivity index (χ0v) is 16.1. The summed E-state index contributed by atoms with van der Waals surface area (Å²) >= 11 is 0. The van der Waals surface area contributed by atoms with Gasteiger partial charge in [0.2, 0.25) is 0 Å². The van der Waals surface area contributed by atoms with Crippen molar-refractivity contribution >= 4 is 11.6 Å². The van der Waals surface area contributed by atoms with Crippen molar-refractivity contribution < 1.29 is 27.8 Å². The number of rotatable bonds is 5. The number of aryl methyl sites for hydroxylation is 3. The van der Waals surface area contributed by atoms with Crippen molar-refractivity contribution in [2.24, 2.45) is 11.0 Å². The Labute approximate surface area is 156 Å². The van der Waals surface area contributed by atoms with E-state index in [1.54, 1.807) is 13.8 Å². The fraction of sp³-hybridized carbons (Fsp3) is 0.579. The van der Waals surface area contributed by atoms with Crippen LogP contribution >= 0.6 is 0 Å². The zero-order valence-electron chi connectivity index (χ0n) is 16.1. The van der Waals surface area contributed by atoms with Crippen molar-refractivity contribution in [1.29, 1.82) is 0 Å². The fourth-order valence-corrected chi connectivity index (χ4v) is 3.28. The van der Waals surface area contributed by atoms with Gasteiger partial charge in [-0.25, -0.2) is 0 Å².